The molecule has 1 aliphatic carbocycles. The van der Waals surface area contributed by atoms with E-state index in [1.54, 1.807) is 4.90 Å². The van der Waals surface area contributed by atoms with Crippen LogP contribution in [0.4, 0.5) is 8.78 Å². The molecule has 0 aliphatic heterocycles. The first-order valence-corrected chi connectivity index (χ1v) is 8.19. The van der Waals surface area contributed by atoms with E-state index < -0.39 is 11.6 Å². The summed E-state index contributed by atoms with van der Waals surface area (Å²) in [6.07, 6.45) is 5.03. The predicted octanol–water partition coefficient (Wildman–Crippen LogP) is 3.82. The average Bonchev–Trinajstić information content (AvgIpc) is 3.16. The van der Waals surface area contributed by atoms with Crippen LogP contribution in [-0.4, -0.2) is 21.8 Å². The fraction of sp³-hybridized carbons (Fsp3) is 0.316. The number of hydrogen-bond donors (Lipinski definition) is 0. The highest BCUT2D eigenvalue weighted by Crippen LogP contribution is 2.27. The van der Waals surface area contributed by atoms with Crippen LogP contribution in [0.25, 0.3) is 0 Å². The summed E-state index contributed by atoms with van der Waals surface area (Å²) >= 11 is 0. The molecule has 4 nitrogen and oxygen atoms in total. The van der Waals surface area contributed by atoms with Crippen LogP contribution in [0.2, 0.25) is 0 Å². The van der Waals surface area contributed by atoms with Gasteiger partial charge in [0.25, 0.3) is 5.91 Å². The maximum Gasteiger partial charge on any atom is 0.273 e. The predicted molar refractivity (Wildman–Crippen MR) is 87.4 cm³/mol. The second-order valence-electron chi connectivity index (χ2n) is 6.15. The van der Waals surface area contributed by atoms with Crippen molar-refractivity contribution in [2.24, 2.45) is 0 Å². The van der Waals surface area contributed by atoms with E-state index in [2.05, 4.69) is 4.98 Å². The van der Waals surface area contributed by atoms with Gasteiger partial charge in [0.15, 0.2) is 0 Å². The lowest BCUT2D eigenvalue weighted by Gasteiger charge is -2.29. The van der Waals surface area contributed by atoms with Crippen LogP contribution in [0.5, 0.6) is 0 Å². The zero-order valence-electron chi connectivity index (χ0n) is 13.6. The summed E-state index contributed by atoms with van der Waals surface area (Å²) < 4.78 is 27.5. The molecule has 1 aromatic carbocycles. The highest BCUT2D eigenvalue weighted by atomic mass is 19.1. The number of halogens is 2. The van der Waals surface area contributed by atoms with Gasteiger partial charge in [-0.2, -0.15) is 5.26 Å². The van der Waals surface area contributed by atoms with E-state index in [0.717, 1.165) is 43.9 Å². The van der Waals surface area contributed by atoms with Crippen molar-refractivity contribution in [2.45, 2.75) is 38.3 Å². The van der Waals surface area contributed by atoms with Crippen molar-refractivity contribution in [1.82, 2.24) is 9.88 Å². The molecule has 1 fully saturated rings. The zero-order chi connectivity index (χ0) is 17.8. The maximum atomic E-state index is 14.0. The first-order chi connectivity index (χ1) is 12.1. The molecule has 1 aliphatic rings. The van der Waals surface area contributed by atoms with Crippen molar-refractivity contribution in [2.75, 3.05) is 0 Å². The monoisotopic (exact) mass is 341 g/mol. The molecule has 1 aromatic heterocycles. The Bertz CT molecular complexity index is 826. The molecular weight excluding hydrogens is 324 g/mol. The van der Waals surface area contributed by atoms with Crippen LogP contribution in [0.1, 0.15) is 47.3 Å². The first kappa shape index (κ1) is 17.0. The van der Waals surface area contributed by atoms with Crippen LogP contribution < -0.4 is 0 Å². The molecule has 0 saturated heterocycles. The largest absolute Gasteiger partial charge is 0.330 e. The Morgan fingerprint density at radius 2 is 2.00 bits per heavy atom. The smallest absolute Gasteiger partial charge is 0.273 e. The molecule has 0 bridgehead atoms. The lowest BCUT2D eigenvalue weighted by atomic mass is 10.1. The van der Waals surface area contributed by atoms with Crippen LogP contribution in [0.3, 0.4) is 0 Å². The first-order valence-electron chi connectivity index (χ1n) is 8.19. The Morgan fingerprint density at radius 3 is 2.72 bits per heavy atom. The molecule has 0 N–H and O–H groups in total. The molecule has 25 heavy (non-hydrogen) atoms. The highest BCUT2D eigenvalue weighted by Gasteiger charge is 2.29. The minimum absolute atomic E-state index is 0.0223. The molecule has 1 saturated carbocycles. The minimum atomic E-state index is -0.545. The molecule has 1 amide bonds. The van der Waals surface area contributed by atoms with Crippen LogP contribution in [0.15, 0.2) is 36.5 Å². The summed E-state index contributed by atoms with van der Waals surface area (Å²) in [5.74, 6) is -1.46. The summed E-state index contributed by atoms with van der Waals surface area (Å²) in [7, 11) is 0. The quantitative estimate of drug-likeness (QED) is 0.849. The molecular formula is C19H17F2N3O. The van der Waals surface area contributed by atoms with Crippen molar-refractivity contribution in [3.05, 3.63) is 65.0 Å². The van der Waals surface area contributed by atoms with Crippen LogP contribution in [0, 0.1) is 23.0 Å². The number of hydrogen-bond acceptors (Lipinski definition) is 3. The number of nitriles is 1. The molecule has 0 radical (unpaired) electrons. The Hall–Kier alpha value is -2.81. The molecule has 0 spiro atoms. The summed E-state index contributed by atoms with van der Waals surface area (Å²) in [4.78, 5) is 18.5. The highest BCUT2D eigenvalue weighted by molar-refractivity contribution is 5.92. The van der Waals surface area contributed by atoms with Crippen molar-refractivity contribution < 1.29 is 13.6 Å². The Kier molecular flexibility index (Phi) is 5.03. The Morgan fingerprint density at radius 1 is 1.24 bits per heavy atom. The summed E-state index contributed by atoms with van der Waals surface area (Å²) in [6, 6.07) is 8.11. The number of pyridine rings is 1. The third-order valence-corrected chi connectivity index (χ3v) is 4.48. The number of benzene rings is 1. The number of nitrogens with zero attached hydrogens (tertiary/aromatic N) is 3. The van der Waals surface area contributed by atoms with E-state index in [1.165, 1.54) is 18.3 Å². The standard InChI is InChI=1S/C19H17F2N3O/c20-15-5-6-17(21)14(10-15)12-24(16-3-1-2-4-16)19(25)18-9-13(11-22)7-8-23-18/h5-10,16H,1-4,12H2. The van der Waals surface area contributed by atoms with E-state index >= 15 is 0 Å². The molecule has 128 valence electrons. The Labute approximate surface area is 144 Å². The number of carbonyl (C=O) groups excluding carboxylic acids is 1. The van der Waals surface area contributed by atoms with Gasteiger partial charge in [0.1, 0.15) is 17.3 Å². The minimum Gasteiger partial charge on any atom is -0.330 e. The maximum absolute atomic E-state index is 14.0. The molecule has 0 atom stereocenters. The normalized spacial score (nSPS) is 14.3. The van der Waals surface area contributed by atoms with E-state index in [4.69, 9.17) is 5.26 Å². The molecule has 3 rings (SSSR count). The molecule has 0 unspecified atom stereocenters. The summed E-state index contributed by atoms with van der Waals surface area (Å²) in [6.45, 7) is -0.0223. The van der Waals surface area contributed by atoms with Gasteiger partial charge in [0, 0.05) is 24.3 Å². The van der Waals surface area contributed by atoms with E-state index in [0.29, 0.717) is 5.56 Å². The lowest BCUT2D eigenvalue weighted by Crippen LogP contribution is -2.39. The van der Waals surface area contributed by atoms with Gasteiger partial charge in [-0.05, 0) is 43.2 Å². The van der Waals surface area contributed by atoms with E-state index in [1.807, 2.05) is 6.07 Å². The van der Waals surface area contributed by atoms with Crippen molar-refractivity contribution in [1.29, 1.82) is 5.26 Å². The van der Waals surface area contributed by atoms with Gasteiger partial charge in [0.05, 0.1) is 11.6 Å². The van der Waals surface area contributed by atoms with Gasteiger partial charge in [-0.25, -0.2) is 8.78 Å². The third-order valence-electron chi connectivity index (χ3n) is 4.48. The number of amides is 1. The fourth-order valence-corrected chi connectivity index (χ4v) is 3.19. The van der Waals surface area contributed by atoms with Crippen molar-refractivity contribution >= 4 is 5.91 Å². The SMILES string of the molecule is N#Cc1ccnc(C(=O)N(Cc2cc(F)ccc2F)C2CCCC2)c1. The van der Waals surface area contributed by atoms with Crippen LogP contribution in [-0.2, 0) is 6.54 Å². The van der Waals surface area contributed by atoms with Gasteiger partial charge in [-0.1, -0.05) is 12.8 Å². The third kappa shape index (κ3) is 3.82. The van der Waals surface area contributed by atoms with Crippen molar-refractivity contribution in [3.63, 3.8) is 0 Å². The molecule has 6 heteroatoms. The Balaban J connectivity index is 1.93. The van der Waals surface area contributed by atoms with Gasteiger partial charge < -0.3 is 4.90 Å². The van der Waals surface area contributed by atoms with Gasteiger partial charge in [-0.3, -0.25) is 9.78 Å². The van der Waals surface area contributed by atoms with Gasteiger partial charge in [0.2, 0.25) is 0 Å². The van der Waals surface area contributed by atoms with Gasteiger partial charge >= 0.3 is 0 Å². The van der Waals surface area contributed by atoms with Gasteiger partial charge in [-0.15, -0.1) is 0 Å². The molecule has 2 aromatic rings. The fourth-order valence-electron chi connectivity index (χ4n) is 3.19. The lowest BCUT2D eigenvalue weighted by molar-refractivity contribution is 0.0656. The van der Waals surface area contributed by atoms with Crippen LogP contribution >= 0.6 is 0 Å². The summed E-state index contributed by atoms with van der Waals surface area (Å²) in [5.41, 5.74) is 0.612. The number of aromatic nitrogens is 1. The number of rotatable bonds is 4. The molecule has 1 heterocycles. The summed E-state index contributed by atoms with van der Waals surface area (Å²) in [5, 5.41) is 9.00. The second kappa shape index (κ2) is 7.39. The number of carbonyl (C=O) groups is 1. The van der Waals surface area contributed by atoms with E-state index in [9.17, 15) is 13.6 Å². The van der Waals surface area contributed by atoms with E-state index in [-0.39, 0.29) is 29.8 Å². The van der Waals surface area contributed by atoms with Crippen molar-refractivity contribution in [3.8, 4) is 6.07 Å². The zero-order valence-corrected chi connectivity index (χ0v) is 13.6. The second-order valence-corrected chi connectivity index (χ2v) is 6.15. The topological polar surface area (TPSA) is 57.0 Å². The average molecular weight is 341 g/mol.